The third kappa shape index (κ3) is 5.99. The Morgan fingerprint density at radius 2 is 1.61 bits per heavy atom. The first kappa shape index (κ1) is 23.9. The van der Waals surface area contributed by atoms with Gasteiger partial charge in [0.2, 0.25) is 15.9 Å². The van der Waals surface area contributed by atoms with Gasteiger partial charge in [-0.05, 0) is 54.7 Å². The molecule has 4 rings (SSSR count). The van der Waals surface area contributed by atoms with Crippen LogP contribution in [0.25, 0.3) is 0 Å². The fraction of sp³-hybridized carbons (Fsp3) is 0.480. The predicted molar refractivity (Wildman–Crippen MR) is 124 cm³/mol. The van der Waals surface area contributed by atoms with Crippen molar-refractivity contribution in [1.82, 2.24) is 9.21 Å². The highest BCUT2D eigenvalue weighted by Crippen LogP contribution is 2.24. The lowest BCUT2D eigenvalue weighted by atomic mass is 10.1. The summed E-state index contributed by atoms with van der Waals surface area (Å²) in [5.74, 6) is -0.264. The minimum absolute atomic E-state index is 0.0340. The molecule has 0 radical (unpaired) electrons. The molecule has 33 heavy (non-hydrogen) atoms. The lowest BCUT2D eigenvalue weighted by Gasteiger charge is -2.33. The second-order valence-corrected chi connectivity index (χ2v) is 10.7. The van der Waals surface area contributed by atoms with Gasteiger partial charge in [0.15, 0.2) is 0 Å². The van der Waals surface area contributed by atoms with Gasteiger partial charge >= 0.3 is 0 Å². The zero-order valence-corrected chi connectivity index (χ0v) is 19.6. The van der Waals surface area contributed by atoms with Crippen molar-refractivity contribution in [3.63, 3.8) is 0 Å². The number of hydrogen-bond donors (Lipinski definition) is 0. The molecular formula is C25H31FN2O4S. The molecule has 0 spiro atoms. The van der Waals surface area contributed by atoms with Gasteiger partial charge in [-0.3, -0.25) is 4.79 Å². The monoisotopic (exact) mass is 474 g/mol. The van der Waals surface area contributed by atoms with Crippen molar-refractivity contribution >= 4 is 15.9 Å². The Hall–Kier alpha value is -2.29. The Kier molecular flexibility index (Phi) is 7.78. The van der Waals surface area contributed by atoms with Crippen molar-refractivity contribution in [1.29, 1.82) is 0 Å². The first-order valence-corrected chi connectivity index (χ1v) is 13.1. The van der Waals surface area contributed by atoms with Crippen molar-refractivity contribution < 1.29 is 22.3 Å². The number of amides is 1. The van der Waals surface area contributed by atoms with Crippen LogP contribution in [0, 0.1) is 5.82 Å². The number of rotatable bonds is 6. The molecule has 0 aliphatic carbocycles. The molecule has 178 valence electrons. The first-order valence-electron chi connectivity index (χ1n) is 11.7. The molecule has 1 unspecified atom stereocenters. The van der Waals surface area contributed by atoms with Gasteiger partial charge in [0, 0.05) is 26.1 Å². The third-order valence-corrected chi connectivity index (χ3v) is 8.33. The fourth-order valence-corrected chi connectivity index (χ4v) is 5.94. The molecule has 2 aliphatic heterocycles. The van der Waals surface area contributed by atoms with E-state index in [2.05, 4.69) is 0 Å². The van der Waals surface area contributed by atoms with Crippen LogP contribution in [-0.2, 0) is 26.0 Å². The standard InChI is InChI=1S/C25H31FN2O4S/c26-22-10-8-21(9-11-22)24-19-27(17-18-32-24)25(29)14-7-20-5-12-23(13-6-20)33(30,31)28-15-3-1-2-4-16-28/h5-6,8-13,24H,1-4,7,14-19H2. The van der Waals surface area contributed by atoms with Crippen LogP contribution in [-0.4, -0.2) is 56.3 Å². The summed E-state index contributed by atoms with van der Waals surface area (Å²) in [6.07, 6.45) is 4.59. The Balaban J connectivity index is 1.32. The van der Waals surface area contributed by atoms with Crippen LogP contribution in [0.4, 0.5) is 4.39 Å². The highest BCUT2D eigenvalue weighted by atomic mass is 32.2. The summed E-state index contributed by atoms with van der Waals surface area (Å²) < 4.78 is 46.4. The van der Waals surface area contributed by atoms with E-state index in [0.717, 1.165) is 36.8 Å². The highest BCUT2D eigenvalue weighted by Gasteiger charge is 2.26. The molecule has 2 fully saturated rings. The van der Waals surface area contributed by atoms with Crippen LogP contribution in [0.5, 0.6) is 0 Å². The molecular weight excluding hydrogens is 443 g/mol. The van der Waals surface area contributed by atoms with Crippen molar-refractivity contribution in [3.05, 3.63) is 65.5 Å². The minimum Gasteiger partial charge on any atom is -0.370 e. The predicted octanol–water partition coefficient (Wildman–Crippen LogP) is 3.92. The van der Waals surface area contributed by atoms with Crippen LogP contribution in [0.15, 0.2) is 53.4 Å². The van der Waals surface area contributed by atoms with Crippen LogP contribution in [0.1, 0.15) is 49.3 Å². The number of benzene rings is 2. The molecule has 6 nitrogen and oxygen atoms in total. The van der Waals surface area contributed by atoms with Crippen LogP contribution >= 0.6 is 0 Å². The average molecular weight is 475 g/mol. The van der Waals surface area contributed by atoms with E-state index < -0.39 is 10.0 Å². The zero-order chi connectivity index (χ0) is 23.3. The number of carbonyl (C=O) groups is 1. The van der Waals surface area contributed by atoms with Gasteiger partial charge < -0.3 is 9.64 Å². The summed E-state index contributed by atoms with van der Waals surface area (Å²) in [6.45, 7) is 2.58. The average Bonchev–Trinajstić information content (AvgIpc) is 3.14. The third-order valence-electron chi connectivity index (χ3n) is 6.41. The number of nitrogens with zero attached hydrogens (tertiary/aromatic N) is 2. The van der Waals surface area contributed by atoms with Crippen LogP contribution in [0.2, 0.25) is 0 Å². The number of sulfonamides is 1. The van der Waals surface area contributed by atoms with E-state index in [4.69, 9.17) is 4.74 Å². The van der Waals surface area contributed by atoms with Gasteiger partial charge in [0.25, 0.3) is 0 Å². The molecule has 2 heterocycles. The summed E-state index contributed by atoms with van der Waals surface area (Å²) in [6, 6.07) is 13.1. The smallest absolute Gasteiger partial charge is 0.243 e. The Labute approximate surface area is 195 Å². The van der Waals surface area contributed by atoms with E-state index in [1.54, 1.807) is 45.6 Å². The van der Waals surface area contributed by atoms with Crippen molar-refractivity contribution in [2.24, 2.45) is 0 Å². The molecule has 0 saturated carbocycles. The molecule has 2 aromatic rings. The summed E-state index contributed by atoms with van der Waals surface area (Å²) in [5.41, 5.74) is 1.79. The highest BCUT2D eigenvalue weighted by molar-refractivity contribution is 7.89. The molecule has 2 aliphatic rings. The molecule has 2 saturated heterocycles. The molecule has 1 amide bonds. The Bertz CT molecular complexity index is 1030. The van der Waals surface area contributed by atoms with Gasteiger partial charge in [-0.25, -0.2) is 12.8 Å². The number of morpholine rings is 1. The number of hydrogen-bond acceptors (Lipinski definition) is 4. The van der Waals surface area contributed by atoms with E-state index in [0.29, 0.717) is 50.5 Å². The zero-order valence-electron chi connectivity index (χ0n) is 18.8. The number of halogens is 1. The summed E-state index contributed by atoms with van der Waals surface area (Å²) in [4.78, 5) is 14.9. The maximum atomic E-state index is 13.2. The van der Waals surface area contributed by atoms with Gasteiger partial charge in [-0.2, -0.15) is 4.31 Å². The van der Waals surface area contributed by atoms with Crippen molar-refractivity contribution in [2.75, 3.05) is 32.8 Å². The fourth-order valence-electron chi connectivity index (χ4n) is 4.42. The van der Waals surface area contributed by atoms with E-state index >= 15 is 0 Å². The van der Waals surface area contributed by atoms with Crippen molar-refractivity contribution in [2.45, 2.75) is 49.5 Å². The van der Waals surface area contributed by atoms with E-state index in [1.165, 1.54) is 12.1 Å². The van der Waals surface area contributed by atoms with Gasteiger partial charge in [0.05, 0.1) is 18.0 Å². The molecule has 0 bridgehead atoms. The SMILES string of the molecule is O=C(CCc1ccc(S(=O)(=O)N2CCCCCC2)cc1)N1CCOC(c2ccc(F)cc2)C1. The van der Waals surface area contributed by atoms with Crippen LogP contribution in [0.3, 0.4) is 0 Å². The molecule has 2 aromatic carbocycles. The molecule has 8 heteroatoms. The summed E-state index contributed by atoms with van der Waals surface area (Å²) in [7, 11) is -3.46. The second-order valence-electron chi connectivity index (χ2n) is 8.71. The molecule has 0 N–H and O–H groups in total. The second kappa shape index (κ2) is 10.8. The minimum atomic E-state index is -3.46. The van der Waals surface area contributed by atoms with Gasteiger partial charge in [-0.1, -0.05) is 37.1 Å². The number of ether oxygens (including phenoxy) is 1. The summed E-state index contributed by atoms with van der Waals surface area (Å²) in [5, 5.41) is 0. The molecule has 1 atom stereocenters. The quantitative estimate of drug-likeness (QED) is 0.637. The topological polar surface area (TPSA) is 66.9 Å². The van der Waals surface area contributed by atoms with E-state index in [-0.39, 0.29) is 17.8 Å². The van der Waals surface area contributed by atoms with Crippen LogP contribution < -0.4 is 0 Å². The lowest BCUT2D eigenvalue weighted by Crippen LogP contribution is -2.42. The Morgan fingerprint density at radius 3 is 2.27 bits per heavy atom. The largest absolute Gasteiger partial charge is 0.370 e. The first-order chi connectivity index (χ1) is 15.9. The maximum Gasteiger partial charge on any atom is 0.243 e. The summed E-state index contributed by atoms with van der Waals surface area (Å²) >= 11 is 0. The lowest BCUT2D eigenvalue weighted by molar-refractivity contribution is -0.139. The Morgan fingerprint density at radius 1 is 0.939 bits per heavy atom. The number of aryl methyl sites for hydroxylation is 1. The normalized spacial score (nSPS) is 20.4. The van der Waals surface area contributed by atoms with E-state index in [9.17, 15) is 17.6 Å². The van der Waals surface area contributed by atoms with Crippen molar-refractivity contribution in [3.8, 4) is 0 Å². The maximum absolute atomic E-state index is 13.2. The van der Waals surface area contributed by atoms with Gasteiger partial charge in [-0.15, -0.1) is 0 Å². The molecule has 0 aromatic heterocycles. The van der Waals surface area contributed by atoms with E-state index in [1.807, 2.05) is 0 Å². The number of carbonyl (C=O) groups excluding carboxylic acids is 1. The van der Waals surface area contributed by atoms with Gasteiger partial charge in [0.1, 0.15) is 11.9 Å².